The molecule has 2 rings (SSSR count). The third kappa shape index (κ3) is 2.62. The Balaban J connectivity index is 2.16. The van der Waals surface area contributed by atoms with Crippen molar-refractivity contribution in [1.29, 1.82) is 0 Å². The van der Waals surface area contributed by atoms with Crippen LogP contribution in [0, 0.1) is 0 Å². The highest BCUT2D eigenvalue weighted by molar-refractivity contribution is 5.26. The van der Waals surface area contributed by atoms with Gasteiger partial charge in [-0.15, -0.1) is 0 Å². The molecule has 0 atom stereocenters. The van der Waals surface area contributed by atoms with Crippen molar-refractivity contribution in [3.8, 4) is 0 Å². The number of hydrogen-bond donors (Lipinski definition) is 2. The molecule has 0 spiro atoms. The van der Waals surface area contributed by atoms with E-state index in [1.54, 1.807) is 0 Å². The molecule has 5 heteroatoms. The van der Waals surface area contributed by atoms with Crippen LogP contribution in [0.1, 0.15) is 37.3 Å². The first-order chi connectivity index (χ1) is 7.33. The molecule has 0 radical (unpaired) electrons. The van der Waals surface area contributed by atoms with Crippen LogP contribution < -0.4 is 5.32 Å². The predicted molar refractivity (Wildman–Crippen MR) is 56.8 cm³/mol. The Kier molecular flexibility index (Phi) is 3.11. The molecule has 1 saturated carbocycles. The Hall–Kier alpha value is -1.23. The van der Waals surface area contributed by atoms with Gasteiger partial charge >= 0.3 is 0 Å². The van der Waals surface area contributed by atoms with Gasteiger partial charge in [0.2, 0.25) is 5.95 Å². The minimum absolute atomic E-state index is 0.0892. The SMILES string of the molecule is CCc1nc(NCCO)nc(C2CC2)n1. The number of aliphatic hydroxyl groups is 1. The molecule has 1 aliphatic rings. The Morgan fingerprint density at radius 2 is 2.13 bits per heavy atom. The summed E-state index contributed by atoms with van der Waals surface area (Å²) in [5.41, 5.74) is 0. The average Bonchev–Trinajstić information content (AvgIpc) is 3.09. The summed E-state index contributed by atoms with van der Waals surface area (Å²) < 4.78 is 0. The molecular formula is C10H16N4O. The van der Waals surface area contributed by atoms with Crippen LogP contribution in [0.2, 0.25) is 0 Å². The summed E-state index contributed by atoms with van der Waals surface area (Å²) in [7, 11) is 0. The lowest BCUT2D eigenvalue weighted by Crippen LogP contribution is -2.12. The van der Waals surface area contributed by atoms with Gasteiger partial charge in [0.25, 0.3) is 0 Å². The maximum Gasteiger partial charge on any atom is 0.226 e. The second-order valence-corrected chi connectivity index (χ2v) is 3.71. The van der Waals surface area contributed by atoms with Crippen LogP contribution in [0.25, 0.3) is 0 Å². The first-order valence-corrected chi connectivity index (χ1v) is 5.43. The molecular weight excluding hydrogens is 192 g/mol. The maximum atomic E-state index is 8.71. The summed E-state index contributed by atoms with van der Waals surface area (Å²) >= 11 is 0. The molecule has 0 aliphatic heterocycles. The van der Waals surface area contributed by atoms with Crippen molar-refractivity contribution in [1.82, 2.24) is 15.0 Å². The Morgan fingerprint density at radius 1 is 1.33 bits per heavy atom. The molecule has 0 unspecified atom stereocenters. The zero-order valence-electron chi connectivity index (χ0n) is 8.90. The zero-order chi connectivity index (χ0) is 10.7. The summed E-state index contributed by atoms with van der Waals surface area (Å²) in [6, 6.07) is 0. The third-order valence-electron chi connectivity index (χ3n) is 2.35. The normalized spacial score (nSPS) is 15.3. The van der Waals surface area contributed by atoms with E-state index in [0.717, 1.165) is 18.1 Å². The lowest BCUT2D eigenvalue weighted by atomic mass is 10.4. The van der Waals surface area contributed by atoms with Crippen LogP contribution in [0.3, 0.4) is 0 Å². The van der Waals surface area contributed by atoms with E-state index in [4.69, 9.17) is 5.11 Å². The molecule has 1 fully saturated rings. The van der Waals surface area contributed by atoms with Gasteiger partial charge < -0.3 is 10.4 Å². The van der Waals surface area contributed by atoms with E-state index in [1.165, 1.54) is 12.8 Å². The van der Waals surface area contributed by atoms with Crippen molar-refractivity contribution in [2.45, 2.75) is 32.1 Å². The highest BCUT2D eigenvalue weighted by Crippen LogP contribution is 2.38. The van der Waals surface area contributed by atoms with E-state index in [1.807, 2.05) is 6.92 Å². The lowest BCUT2D eigenvalue weighted by molar-refractivity contribution is 0.310. The van der Waals surface area contributed by atoms with E-state index in [9.17, 15) is 0 Å². The highest BCUT2D eigenvalue weighted by atomic mass is 16.3. The van der Waals surface area contributed by atoms with Gasteiger partial charge in [-0.3, -0.25) is 0 Å². The molecule has 15 heavy (non-hydrogen) atoms. The Bertz CT molecular complexity index is 338. The zero-order valence-corrected chi connectivity index (χ0v) is 8.90. The van der Waals surface area contributed by atoms with Crippen LogP contribution in [0.5, 0.6) is 0 Å². The average molecular weight is 208 g/mol. The van der Waals surface area contributed by atoms with Crippen LogP contribution in [0.4, 0.5) is 5.95 Å². The van der Waals surface area contributed by atoms with Gasteiger partial charge in [0.15, 0.2) is 0 Å². The number of rotatable bonds is 5. The first kappa shape index (κ1) is 10.3. The van der Waals surface area contributed by atoms with E-state index in [0.29, 0.717) is 18.4 Å². The molecule has 1 heterocycles. The van der Waals surface area contributed by atoms with Crippen LogP contribution in [-0.4, -0.2) is 33.2 Å². The maximum absolute atomic E-state index is 8.71. The number of nitrogens with zero attached hydrogens (tertiary/aromatic N) is 3. The van der Waals surface area contributed by atoms with Gasteiger partial charge in [-0.05, 0) is 12.8 Å². The van der Waals surface area contributed by atoms with Crippen molar-refractivity contribution in [3.05, 3.63) is 11.6 Å². The Morgan fingerprint density at radius 3 is 2.73 bits per heavy atom. The smallest absolute Gasteiger partial charge is 0.226 e. The number of aryl methyl sites for hydroxylation is 1. The molecule has 0 bridgehead atoms. The van der Waals surface area contributed by atoms with Crippen LogP contribution >= 0.6 is 0 Å². The van der Waals surface area contributed by atoms with Crippen molar-refractivity contribution < 1.29 is 5.11 Å². The minimum Gasteiger partial charge on any atom is -0.395 e. The van der Waals surface area contributed by atoms with E-state index in [-0.39, 0.29) is 6.61 Å². The fraction of sp³-hybridized carbons (Fsp3) is 0.700. The summed E-state index contributed by atoms with van der Waals surface area (Å²) in [5.74, 6) is 2.86. The lowest BCUT2D eigenvalue weighted by Gasteiger charge is -2.06. The number of hydrogen-bond acceptors (Lipinski definition) is 5. The molecule has 1 aromatic rings. The molecule has 1 aromatic heterocycles. The molecule has 0 aromatic carbocycles. The molecule has 2 N–H and O–H groups in total. The fourth-order valence-corrected chi connectivity index (χ4v) is 1.37. The van der Waals surface area contributed by atoms with Crippen molar-refractivity contribution in [3.63, 3.8) is 0 Å². The number of aliphatic hydroxyl groups excluding tert-OH is 1. The quantitative estimate of drug-likeness (QED) is 0.746. The number of nitrogens with one attached hydrogen (secondary N) is 1. The topological polar surface area (TPSA) is 70.9 Å². The van der Waals surface area contributed by atoms with Crippen molar-refractivity contribution in [2.75, 3.05) is 18.5 Å². The summed E-state index contributed by atoms with van der Waals surface area (Å²) in [6.07, 6.45) is 3.19. The molecule has 0 saturated heterocycles. The molecule has 82 valence electrons. The minimum atomic E-state index is 0.0892. The van der Waals surface area contributed by atoms with Gasteiger partial charge in [0.1, 0.15) is 11.6 Å². The van der Waals surface area contributed by atoms with Crippen molar-refractivity contribution in [2.24, 2.45) is 0 Å². The monoisotopic (exact) mass is 208 g/mol. The summed E-state index contributed by atoms with van der Waals surface area (Å²) in [5, 5.41) is 11.7. The fourth-order valence-electron chi connectivity index (χ4n) is 1.37. The summed E-state index contributed by atoms with van der Waals surface area (Å²) in [6.45, 7) is 2.60. The van der Waals surface area contributed by atoms with Gasteiger partial charge in [-0.1, -0.05) is 6.92 Å². The van der Waals surface area contributed by atoms with Crippen molar-refractivity contribution >= 4 is 5.95 Å². The molecule has 1 aliphatic carbocycles. The van der Waals surface area contributed by atoms with Gasteiger partial charge in [0, 0.05) is 18.9 Å². The van der Waals surface area contributed by atoms with Crippen LogP contribution in [0.15, 0.2) is 0 Å². The standard InChI is InChI=1S/C10H16N4O/c1-2-8-12-9(7-3-4-7)14-10(13-8)11-5-6-15/h7,15H,2-6H2,1H3,(H,11,12,13,14). The number of aromatic nitrogens is 3. The molecule has 0 amide bonds. The van der Waals surface area contributed by atoms with E-state index < -0.39 is 0 Å². The first-order valence-electron chi connectivity index (χ1n) is 5.43. The second kappa shape index (κ2) is 4.53. The van der Waals surface area contributed by atoms with E-state index >= 15 is 0 Å². The number of anilines is 1. The van der Waals surface area contributed by atoms with Gasteiger partial charge in [0.05, 0.1) is 6.61 Å². The van der Waals surface area contributed by atoms with Gasteiger partial charge in [-0.2, -0.15) is 9.97 Å². The third-order valence-corrected chi connectivity index (χ3v) is 2.35. The Labute approximate surface area is 89.0 Å². The highest BCUT2D eigenvalue weighted by Gasteiger charge is 2.27. The molecule has 5 nitrogen and oxygen atoms in total. The summed E-state index contributed by atoms with van der Waals surface area (Å²) in [4.78, 5) is 13.0. The van der Waals surface area contributed by atoms with Crippen LogP contribution in [-0.2, 0) is 6.42 Å². The largest absolute Gasteiger partial charge is 0.395 e. The second-order valence-electron chi connectivity index (χ2n) is 3.71. The predicted octanol–water partition coefficient (Wildman–Crippen LogP) is 0.716. The van der Waals surface area contributed by atoms with Gasteiger partial charge in [-0.25, -0.2) is 4.98 Å². The van der Waals surface area contributed by atoms with E-state index in [2.05, 4.69) is 20.3 Å².